The first kappa shape index (κ1) is 30.4. The molecular formula is C31H44N6O. The third-order valence-corrected chi connectivity index (χ3v) is 6.37. The highest BCUT2D eigenvalue weighted by Crippen LogP contribution is 2.38. The van der Waals surface area contributed by atoms with Gasteiger partial charge in [-0.25, -0.2) is 9.97 Å². The number of hydrogen-bond acceptors (Lipinski definition) is 6. The van der Waals surface area contributed by atoms with Crippen molar-refractivity contribution in [3.05, 3.63) is 95.8 Å². The van der Waals surface area contributed by atoms with E-state index in [0.717, 1.165) is 35.5 Å². The SMILES string of the molecule is C=C/C(=C\C(C)=C1\C(=C)NC(C)(c2cccc(C)c2)N1C)Nc1cc(NC(=O)C2CC2)ncn1.CC.CC. The smallest absolute Gasteiger partial charge is 0.228 e. The standard InChI is InChI=1S/C27H32N6O.2C2H6/c1-7-22(30-23-15-24(29-16-28-23)31-26(34)20-11-12-20)14-18(3)25-19(4)32-27(5,33(25)6)21-10-8-9-17(2)13-21;2*1-2/h7-10,13-16,20,32H,1,4,11-12H2,2-3,5-6H3,(H2,28,29,30,31,34);2*1-2H3/b22-14+,25-18-;;. The van der Waals surface area contributed by atoms with Gasteiger partial charge < -0.3 is 20.9 Å². The average molecular weight is 517 g/mol. The summed E-state index contributed by atoms with van der Waals surface area (Å²) >= 11 is 0. The molecule has 0 bridgehead atoms. The summed E-state index contributed by atoms with van der Waals surface area (Å²) in [4.78, 5) is 22.7. The summed E-state index contributed by atoms with van der Waals surface area (Å²) in [7, 11) is 2.07. The van der Waals surface area contributed by atoms with Gasteiger partial charge in [0.15, 0.2) is 0 Å². The summed E-state index contributed by atoms with van der Waals surface area (Å²) < 4.78 is 0. The second-order valence-corrected chi connectivity index (χ2v) is 9.12. The van der Waals surface area contributed by atoms with Gasteiger partial charge in [0.25, 0.3) is 0 Å². The van der Waals surface area contributed by atoms with Crippen LogP contribution >= 0.6 is 0 Å². The fourth-order valence-electron chi connectivity index (χ4n) is 4.24. The van der Waals surface area contributed by atoms with E-state index in [1.807, 2.05) is 40.7 Å². The largest absolute Gasteiger partial charge is 0.358 e. The summed E-state index contributed by atoms with van der Waals surface area (Å²) in [5, 5.41) is 9.69. The number of benzene rings is 1. The van der Waals surface area contributed by atoms with Crippen molar-refractivity contribution in [2.45, 2.75) is 67.0 Å². The molecule has 1 aromatic carbocycles. The van der Waals surface area contributed by atoms with Gasteiger partial charge in [-0.1, -0.05) is 70.7 Å². The first-order valence-corrected chi connectivity index (χ1v) is 13.4. The van der Waals surface area contributed by atoms with Crippen molar-refractivity contribution < 1.29 is 4.79 Å². The first-order valence-electron chi connectivity index (χ1n) is 13.4. The van der Waals surface area contributed by atoms with E-state index < -0.39 is 5.66 Å². The Morgan fingerprint density at radius 2 is 1.76 bits per heavy atom. The summed E-state index contributed by atoms with van der Waals surface area (Å²) in [5.74, 6) is 1.18. The van der Waals surface area contributed by atoms with Gasteiger partial charge in [-0.3, -0.25) is 4.79 Å². The molecule has 1 unspecified atom stereocenters. The highest BCUT2D eigenvalue weighted by Gasteiger charge is 2.40. The molecule has 1 amide bonds. The monoisotopic (exact) mass is 516 g/mol. The lowest BCUT2D eigenvalue weighted by Crippen LogP contribution is -2.43. The maximum absolute atomic E-state index is 12.0. The maximum Gasteiger partial charge on any atom is 0.228 e. The van der Waals surface area contributed by atoms with Crippen LogP contribution in [0.4, 0.5) is 11.6 Å². The van der Waals surface area contributed by atoms with E-state index in [4.69, 9.17) is 0 Å². The minimum Gasteiger partial charge on any atom is -0.358 e. The Balaban J connectivity index is 0.00000121. The third-order valence-electron chi connectivity index (χ3n) is 6.37. The van der Waals surface area contributed by atoms with Gasteiger partial charge >= 0.3 is 0 Å². The molecule has 7 nitrogen and oxygen atoms in total. The predicted octanol–water partition coefficient (Wildman–Crippen LogP) is 6.86. The molecule has 0 spiro atoms. The topological polar surface area (TPSA) is 82.2 Å². The van der Waals surface area contributed by atoms with Crippen molar-refractivity contribution in [3.8, 4) is 0 Å². The Bertz CT molecular complexity index is 1210. The van der Waals surface area contributed by atoms with Crippen molar-refractivity contribution >= 4 is 17.5 Å². The first-order chi connectivity index (χ1) is 18.2. The molecule has 3 N–H and O–H groups in total. The van der Waals surface area contributed by atoms with Crippen LogP contribution in [-0.2, 0) is 10.5 Å². The molecule has 1 atom stereocenters. The number of rotatable bonds is 7. The number of carbonyl (C=O) groups excluding carboxylic acids is 1. The van der Waals surface area contributed by atoms with Gasteiger partial charge in [-0.05, 0) is 56.9 Å². The molecule has 204 valence electrons. The fourth-order valence-corrected chi connectivity index (χ4v) is 4.24. The second-order valence-electron chi connectivity index (χ2n) is 9.12. The Labute approximate surface area is 228 Å². The van der Waals surface area contributed by atoms with Crippen LogP contribution in [0.3, 0.4) is 0 Å². The number of hydrogen-bond donors (Lipinski definition) is 3. The fraction of sp³-hybridized carbons (Fsp3) is 0.387. The van der Waals surface area contributed by atoms with Crippen LogP contribution in [0, 0.1) is 12.8 Å². The summed E-state index contributed by atoms with van der Waals surface area (Å²) in [6.07, 6.45) is 7.06. The summed E-state index contributed by atoms with van der Waals surface area (Å²) in [6.45, 7) is 22.5. The lowest BCUT2D eigenvalue weighted by atomic mass is 9.99. The number of carbonyl (C=O) groups is 1. The lowest BCUT2D eigenvalue weighted by molar-refractivity contribution is -0.117. The van der Waals surface area contributed by atoms with Crippen molar-refractivity contribution in [2.24, 2.45) is 5.92 Å². The number of nitrogens with zero attached hydrogens (tertiary/aromatic N) is 3. The van der Waals surface area contributed by atoms with E-state index in [2.05, 4.69) is 89.1 Å². The van der Waals surface area contributed by atoms with Crippen LogP contribution < -0.4 is 16.0 Å². The van der Waals surface area contributed by atoms with Crippen LogP contribution in [0.5, 0.6) is 0 Å². The molecule has 2 aliphatic rings. The van der Waals surface area contributed by atoms with Gasteiger partial charge in [0.1, 0.15) is 23.6 Å². The molecule has 1 saturated heterocycles. The zero-order valence-corrected chi connectivity index (χ0v) is 24.3. The van der Waals surface area contributed by atoms with Gasteiger partial charge in [0.05, 0.1) is 11.4 Å². The van der Waals surface area contributed by atoms with Crippen molar-refractivity contribution in [1.82, 2.24) is 20.2 Å². The van der Waals surface area contributed by atoms with Gasteiger partial charge in [0, 0.05) is 24.7 Å². The zero-order chi connectivity index (χ0) is 28.5. The highest BCUT2D eigenvalue weighted by atomic mass is 16.2. The molecule has 38 heavy (non-hydrogen) atoms. The van der Waals surface area contributed by atoms with Gasteiger partial charge in [-0.2, -0.15) is 0 Å². The number of likely N-dealkylation sites (N-methyl/N-ethyl adjacent to an activating group) is 1. The van der Waals surface area contributed by atoms with Crippen LogP contribution in [0.2, 0.25) is 0 Å². The molecule has 2 fully saturated rings. The van der Waals surface area contributed by atoms with E-state index in [-0.39, 0.29) is 11.8 Å². The Hall–Kier alpha value is -3.87. The molecular weight excluding hydrogens is 472 g/mol. The van der Waals surface area contributed by atoms with E-state index in [1.165, 1.54) is 17.5 Å². The van der Waals surface area contributed by atoms with Crippen LogP contribution in [0.1, 0.15) is 65.5 Å². The van der Waals surface area contributed by atoms with Crippen molar-refractivity contribution in [3.63, 3.8) is 0 Å². The van der Waals surface area contributed by atoms with E-state index in [0.29, 0.717) is 11.6 Å². The van der Waals surface area contributed by atoms with Crippen LogP contribution in [-0.4, -0.2) is 27.8 Å². The minimum absolute atomic E-state index is 0.0108. The van der Waals surface area contributed by atoms with E-state index >= 15 is 0 Å². The van der Waals surface area contributed by atoms with E-state index in [1.54, 1.807) is 12.1 Å². The minimum atomic E-state index is -0.406. The predicted molar refractivity (Wildman–Crippen MR) is 159 cm³/mol. The molecule has 4 rings (SSSR count). The Morgan fingerprint density at radius 3 is 2.34 bits per heavy atom. The van der Waals surface area contributed by atoms with Crippen molar-refractivity contribution in [2.75, 3.05) is 17.7 Å². The molecule has 2 aromatic rings. The van der Waals surface area contributed by atoms with Crippen molar-refractivity contribution in [1.29, 1.82) is 0 Å². The number of nitrogens with one attached hydrogen (secondary N) is 3. The molecule has 7 heteroatoms. The lowest BCUT2D eigenvalue weighted by Gasteiger charge is -2.34. The number of amides is 1. The quantitative estimate of drug-likeness (QED) is 0.349. The molecule has 1 aliphatic heterocycles. The molecule has 1 aromatic heterocycles. The molecule has 0 radical (unpaired) electrons. The third kappa shape index (κ3) is 7.12. The Morgan fingerprint density at radius 1 is 1.13 bits per heavy atom. The average Bonchev–Trinajstić information content (AvgIpc) is 3.73. The zero-order valence-electron chi connectivity index (χ0n) is 24.3. The number of anilines is 2. The number of allylic oxidation sites excluding steroid dienone is 3. The number of aromatic nitrogens is 2. The van der Waals surface area contributed by atoms with Gasteiger partial charge in [0.2, 0.25) is 5.91 Å². The second kappa shape index (κ2) is 13.6. The molecule has 2 heterocycles. The summed E-state index contributed by atoms with van der Waals surface area (Å²) in [5.41, 5.74) is 5.65. The molecule has 1 aliphatic carbocycles. The summed E-state index contributed by atoms with van der Waals surface area (Å²) in [6, 6.07) is 10.2. The van der Waals surface area contributed by atoms with Crippen LogP contribution in [0.15, 0.2) is 84.6 Å². The van der Waals surface area contributed by atoms with E-state index in [9.17, 15) is 4.79 Å². The normalized spacial score (nSPS) is 19.7. The van der Waals surface area contributed by atoms with Crippen LogP contribution in [0.25, 0.3) is 0 Å². The Kier molecular flexibility index (Phi) is 10.9. The maximum atomic E-state index is 12.0. The highest BCUT2D eigenvalue weighted by molar-refractivity contribution is 5.93. The molecule has 1 saturated carbocycles. The number of aryl methyl sites for hydroxylation is 1. The van der Waals surface area contributed by atoms with Gasteiger partial charge in [-0.15, -0.1) is 0 Å².